The Bertz CT molecular complexity index is 958. The SMILES string of the molecule is O=C1c2c(-c3cccs3)cn(-c3cc(F)cc(Cl)c3)c2CCC1(F)F. The Morgan fingerprint density at radius 3 is 2.72 bits per heavy atom. The molecule has 7 heteroatoms. The Labute approximate surface area is 150 Å². The number of thiophene rings is 1. The largest absolute Gasteiger partial charge is 0.319 e. The molecular weight excluding hydrogens is 371 g/mol. The van der Waals surface area contributed by atoms with E-state index >= 15 is 0 Å². The van der Waals surface area contributed by atoms with Crippen LogP contribution in [0.25, 0.3) is 16.1 Å². The minimum atomic E-state index is -3.38. The molecule has 0 saturated heterocycles. The minimum absolute atomic E-state index is 0.0130. The fourth-order valence-corrected chi connectivity index (χ4v) is 4.10. The fraction of sp³-hybridized carbons (Fsp3) is 0.167. The average Bonchev–Trinajstić information content (AvgIpc) is 3.17. The van der Waals surface area contributed by atoms with Crippen molar-refractivity contribution in [3.8, 4) is 16.1 Å². The maximum atomic E-state index is 14.0. The van der Waals surface area contributed by atoms with Gasteiger partial charge in [0.15, 0.2) is 0 Å². The van der Waals surface area contributed by atoms with E-state index in [4.69, 9.17) is 11.6 Å². The van der Waals surface area contributed by atoms with E-state index in [1.54, 1.807) is 29.0 Å². The van der Waals surface area contributed by atoms with Gasteiger partial charge in [-0.2, -0.15) is 8.78 Å². The van der Waals surface area contributed by atoms with Crippen LogP contribution in [0.1, 0.15) is 22.5 Å². The molecule has 4 rings (SSSR count). The van der Waals surface area contributed by atoms with Crippen LogP contribution in [-0.2, 0) is 6.42 Å². The summed E-state index contributed by atoms with van der Waals surface area (Å²) in [5.74, 6) is -5.10. The van der Waals surface area contributed by atoms with E-state index in [-0.39, 0.29) is 17.0 Å². The lowest BCUT2D eigenvalue weighted by Gasteiger charge is -2.22. The van der Waals surface area contributed by atoms with Crippen LogP contribution in [0, 0.1) is 5.82 Å². The summed E-state index contributed by atoms with van der Waals surface area (Å²) in [7, 11) is 0. The number of alkyl halides is 2. The Morgan fingerprint density at radius 2 is 2.04 bits per heavy atom. The first-order valence-corrected chi connectivity index (χ1v) is 8.80. The lowest BCUT2D eigenvalue weighted by atomic mass is 9.90. The number of carbonyl (C=O) groups is 1. The third-order valence-corrected chi connectivity index (χ3v) is 5.38. The first kappa shape index (κ1) is 16.4. The van der Waals surface area contributed by atoms with E-state index in [1.165, 1.54) is 23.5 Å². The van der Waals surface area contributed by atoms with Gasteiger partial charge in [0.05, 0.1) is 5.56 Å². The molecule has 3 aromatic rings. The van der Waals surface area contributed by atoms with Gasteiger partial charge in [0, 0.05) is 39.5 Å². The smallest absolute Gasteiger partial charge is 0.310 e. The van der Waals surface area contributed by atoms with Crippen molar-refractivity contribution in [3.05, 3.63) is 64.0 Å². The van der Waals surface area contributed by atoms with Gasteiger partial charge in [-0.15, -0.1) is 11.3 Å². The Morgan fingerprint density at radius 1 is 1.24 bits per heavy atom. The molecule has 0 spiro atoms. The van der Waals surface area contributed by atoms with Crippen molar-refractivity contribution in [2.45, 2.75) is 18.8 Å². The number of benzene rings is 1. The number of ketones is 1. The second-order valence-electron chi connectivity index (χ2n) is 5.87. The van der Waals surface area contributed by atoms with E-state index in [0.717, 1.165) is 0 Å². The topological polar surface area (TPSA) is 22.0 Å². The first-order valence-electron chi connectivity index (χ1n) is 7.54. The summed E-state index contributed by atoms with van der Waals surface area (Å²) in [6.45, 7) is 0. The van der Waals surface area contributed by atoms with Gasteiger partial charge in [-0.3, -0.25) is 4.79 Å². The summed E-state index contributed by atoms with van der Waals surface area (Å²) in [6.07, 6.45) is 1.07. The lowest BCUT2D eigenvalue weighted by molar-refractivity contribution is 0.00182. The molecule has 0 fully saturated rings. The molecule has 0 radical (unpaired) electrons. The predicted molar refractivity (Wildman–Crippen MR) is 91.6 cm³/mol. The van der Waals surface area contributed by atoms with E-state index < -0.39 is 23.9 Å². The number of carbonyl (C=O) groups excluding carboxylic acids is 1. The molecule has 128 valence electrons. The van der Waals surface area contributed by atoms with Crippen molar-refractivity contribution in [1.82, 2.24) is 4.57 Å². The number of hydrogen-bond donors (Lipinski definition) is 0. The number of Topliss-reactive ketones (excluding diaryl/α,β-unsaturated/α-hetero) is 1. The summed E-state index contributed by atoms with van der Waals surface area (Å²) in [5.41, 5.74) is 1.32. The van der Waals surface area contributed by atoms with Crippen LogP contribution in [0.2, 0.25) is 5.02 Å². The summed E-state index contributed by atoms with van der Waals surface area (Å²) in [6, 6.07) is 7.53. The molecule has 0 saturated carbocycles. The number of hydrogen-bond acceptors (Lipinski definition) is 2. The molecule has 2 nitrogen and oxygen atoms in total. The molecule has 0 bridgehead atoms. The first-order chi connectivity index (χ1) is 11.9. The molecule has 0 N–H and O–H groups in total. The third kappa shape index (κ3) is 2.69. The Kier molecular flexibility index (Phi) is 3.77. The Balaban J connectivity index is 1.99. The van der Waals surface area contributed by atoms with Crippen LogP contribution in [0.5, 0.6) is 0 Å². The number of aromatic nitrogens is 1. The predicted octanol–water partition coefficient (Wildman–Crippen LogP) is 5.76. The number of fused-ring (bicyclic) bond motifs is 1. The van der Waals surface area contributed by atoms with Gasteiger partial charge in [-0.1, -0.05) is 17.7 Å². The number of rotatable bonds is 2. The maximum absolute atomic E-state index is 14.0. The van der Waals surface area contributed by atoms with Gasteiger partial charge in [0.25, 0.3) is 0 Å². The molecule has 0 atom stereocenters. The van der Waals surface area contributed by atoms with E-state index in [0.29, 0.717) is 21.8 Å². The third-order valence-electron chi connectivity index (χ3n) is 4.25. The molecule has 1 aliphatic rings. The van der Waals surface area contributed by atoms with Gasteiger partial charge in [-0.25, -0.2) is 4.39 Å². The maximum Gasteiger partial charge on any atom is 0.310 e. The summed E-state index contributed by atoms with van der Waals surface area (Å²) >= 11 is 7.28. The summed E-state index contributed by atoms with van der Waals surface area (Å²) in [4.78, 5) is 13.1. The van der Waals surface area contributed by atoms with E-state index in [1.807, 2.05) is 5.38 Å². The van der Waals surface area contributed by atoms with E-state index in [9.17, 15) is 18.0 Å². The van der Waals surface area contributed by atoms with Gasteiger partial charge < -0.3 is 4.57 Å². The minimum Gasteiger partial charge on any atom is -0.319 e. The highest BCUT2D eigenvalue weighted by molar-refractivity contribution is 7.13. The number of nitrogens with zero attached hydrogens (tertiary/aromatic N) is 1. The normalized spacial score (nSPS) is 16.1. The molecule has 1 aliphatic carbocycles. The summed E-state index contributed by atoms with van der Waals surface area (Å²) < 4.78 is 43.3. The van der Waals surface area contributed by atoms with Gasteiger partial charge in [0.1, 0.15) is 5.82 Å². The van der Waals surface area contributed by atoms with Gasteiger partial charge in [-0.05, 0) is 36.1 Å². The zero-order valence-corrected chi connectivity index (χ0v) is 14.3. The molecule has 2 aromatic heterocycles. The van der Waals surface area contributed by atoms with Crippen LogP contribution in [0.4, 0.5) is 13.2 Å². The van der Waals surface area contributed by atoms with E-state index in [2.05, 4.69) is 0 Å². The second-order valence-corrected chi connectivity index (χ2v) is 7.26. The quantitative estimate of drug-likeness (QED) is 0.553. The molecule has 0 amide bonds. The van der Waals surface area contributed by atoms with Gasteiger partial charge in [0.2, 0.25) is 5.78 Å². The molecule has 0 unspecified atom stereocenters. The van der Waals surface area contributed by atoms with Crippen molar-refractivity contribution in [1.29, 1.82) is 0 Å². The van der Waals surface area contributed by atoms with Crippen LogP contribution >= 0.6 is 22.9 Å². The fourth-order valence-electron chi connectivity index (χ4n) is 3.15. The van der Waals surface area contributed by atoms with Crippen molar-refractivity contribution in [3.63, 3.8) is 0 Å². The zero-order valence-electron chi connectivity index (χ0n) is 12.7. The molecule has 0 aliphatic heterocycles. The van der Waals surface area contributed by atoms with Crippen LogP contribution in [0.3, 0.4) is 0 Å². The average molecular weight is 382 g/mol. The molecule has 1 aromatic carbocycles. The summed E-state index contributed by atoms with van der Waals surface area (Å²) in [5, 5.41) is 2.01. The van der Waals surface area contributed by atoms with Crippen molar-refractivity contribution >= 4 is 28.7 Å². The van der Waals surface area contributed by atoms with Gasteiger partial charge >= 0.3 is 5.92 Å². The highest BCUT2D eigenvalue weighted by atomic mass is 35.5. The van der Waals surface area contributed by atoms with Crippen LogP contribution < -0.4 is 0 Å². The molecule has 2 heterocycles. The molecule has 25 heavy (non-hydrogen) atoms. The highest BCUT2D eigenvalue weighted by Gasteiger charge is 2.46. The standard InChI is InChI=1S/C18H11ClF3NOS/c19-10-6-11(20)8-12(7-10)23-9-13(15-2-1-5-25-15)16-14(23)3-4-18(21,22)17(16)24/h1-2,5-9H,3-4H2. The Hall–Kier alpha value is -2.05. The molecular formula is C18H11ClF3NOS. The van der Waals surface area contributed by atoms with Crippen LogP contribution in [0.15, 0.2) is 41.9 Å². The van der Waals surface area contributed by atoms with Crippen LogP contribution in [-0.4, -0.2) is 16.3 Å². The second kappa shape index (κ2) is 5.75. The van der Waals surface area contributed by atoms with Crippen molar-refractivity contribution in [2.75, 3.05) is 0 Å². The zero-order chi connectivity index (χ0) is 17.8. The monoisotopic (exact) mass is 381 g/mol. The van der Waals surface area contributed by atoms with Crippen molar-refractivity contribution < 1.29 is 18.0 Å². The van der Waals surface area contributed by atoms with Crippen molar-refractivity contribution in [2.24, 2.45) is 0 Å². The number of halogens is 4. The lowest BCUT2D eigenvalue weighted by Crippen LogP contribution is -2.34. The highest BCUT2D eigenvalue weighted by Crippen LogP contribution is 2.41.